The molecule has 1 aromatic heterocycles. The summed E-state index contributed by atoms with van der Waals surface area (Å²) in [5.41, 5.74) is 0.0321. The van der Waals surface area contributed by atoms with Crippen LogP contribution in [0.4, 0.5) is 0 Å². The van der Waals surface area contributed by atoms with Crippen molar-refractivity contribution in [2.75, 3.05) is 0 Å². The van der Waals surface area contributed by atoms with Crippen molar-refractivity contribution in [3.05, 3.63) is 22.2 Å². The average Bonchev–Trinajstić information content (AvgIpc) is 2.34. The molecule has 0 saturated carbocycles. The number of aromatic nitrogens is 1. The number of hydrogen-bond donors (Lipinski definition) is 2. The van der Waals surface area contributed by atoms with E-state index in [0.29, 0.717) is 5.69 Å². The van der Waals surface area contributed by atoms with Gasteiger partial charge in [0, 0.05) is 12.0 Å². The third-order valence-electron chi connectivity index (χ3n) is 1.55. The van der Waals surface area contributed by atoms with E-state index >= 15 is 0 Å². The van der Waals surface area contributed by atoms with Crippen molar-refractivity contribution in [1.82, 2.24) is 5.16 Å². The molecule has 0 aliphatic carbocycles. The van der Waals surface area contributed by atoms with Gasteiger partial charge in [-0.15, -0.1) is 0 Å². The summed E-state index contributed by atoms with van der Waals surface area (Å²) in [5.74, 6) is -1.13. The zero-order chi connectivity index (χ0) is 9.14. The van der Waals surface area contributed by atoms with Crippen LogP contribution in [0.15, 0.2) is 15.4 Å². The summed E-state index contributed by atoms with van der Waals surface area (Å²) in [6.45, 7) is 1.70. The lowest BCUT2D eigenvalue weighted by Crippen LogP contribution is -2.03. The maximum absolute atomic E-state index is 10.5. The summed E-state index contributed by atoms with van der Waals surface area (Å²) in [5, 5.41) is 10.8. The van der Waals surface area contributed by atoms with E-state index in [-0.39, 0.29) is 12.3 Å². The van der Waals surface area contributed by atoms with Gasteiger partial charge in [0.25, 0.3) is 0 Å². The minimum absolute atomic E-state index is 0.0184. The van der Waals surface area contributed by atoms with Crippen LogP contribution >= 0.6 is 0 Å². The summed E-state index contributed by atoms with van der Waals surface area (Å²) in [4.78, 5) is 20.8. The minimum atomic E-state index is -0.899. The Hall–Kier alpha value is -1.52. The summed E-state index contributed by atoms with van der Waals surface area (Å²) < 4.78 is 4.39. The van der Waals surface area contributed by atoms with Gasteiger partial charge in [0.05, 0.1) is 12.1 Å². The van der Waals surface area contributed by atoms with Crippen molar-refractivity contribution in [3.63, 3.8) is 0 Å². The van der Waals surface area contributed by atoms with Gasteiger partial charge in [-0.3, -0.25) is 4.79 Å². The van der Waals surface area contributed by atoms with Gasteiger partial charge in [0.1, 0.15) is 0 Å². The van der Waals surface area contributed by atoms with Gasteiger partial charge in [-0.25, -0.2) is 9.95 Å². The Balaban J connectivity index is 2.71. The van der Waals surface area contributed by atoms with Crippen LogP contribution in [-0.4, -0.2) is 16.2 Å². The molecule has 0 fully saturated rings. The number of H-pyrrole nitrogens is 1. The number of rotatable bonds is 3. The highest BCUT2D eigenvalue weighted by Gasteiger charge is 2.12. The van der Waals surface area contributed by atoms with Crippen LogP contribution in [0.2, 0.25) is 0 Å². The Morgan fingerprint density at radius 3 is 2.92 bits per heavy atom. The summed E-state index contributed by atoms with van der Waals surface area (Å²) in [6.07, 6.45) is -0.0184. The van der Waals surface area contributed by atoms with E-state index in [1.165, 1.54) is 6.07 Å². The molecule has 0 spiro atoms. The van der Waals surface area contributed by atoms with Crippen LogP contribution in [0, 0.1) is 0 Å². The highest BCUT2D eigenvalue weighted by atomic mass is 16.5. The standard InChI is InChI=1S/C7H9NO4/c1-4(2-6(9)10)5-3-7(11)12-8-5/h3-4,8H,2H2,1H3,(H,9,10). The summed E-state index contributed by atoms with van der Waals surface area (Å²) in [6, 6.07) is 1.26. The lowest BCUT2D eigenvalue weighted by molar-refractivity contribution is -0.137. The third-order valence-corrected chi connectivity index (χ3v) is 1.55. The Bertz CT molecular complexity index is 324. The second kappa shape index (κ2) is 3.25. The number of aromatic amines is 1. The van der Waals surface area contributed by atoms with Crippen LogP contribution in [0.5, 0.6) is 0 Å². The van der Waals surface area contributed by atoms with Crippen molar-refractivity contribution in [3.8, 4) is 0 Å². The zero-order valence-corrected chi connectivity index (χ0v) is 6.53. The van der Waals surface area contributed by atoms with Gasteiger partial charge in [-0.1, -0.05) is 6.92 Å². The molecule has 12 heavy (non-hydrogen) atoms. The molecule has 1 unspecified atom stereocenters. The van der Waals surface area contributed by atoms with Gasteiger partial charge < -0.3 is 9.63 Å². The minimum Gasteiger partial charge on any atom is -0.481 e. The molecule has 0 saturated heterocycles. The number of carboxylic acids is 1. The smallest absolute Gasteiger partial charge is 0.357 e. The fourth-order valence-corrected chi connectivity index (χ4v) is 0.910. The lowest BCUT2D eigenvalue weighted by atomic mass is 10.1. The second-order valence-corrected chi connectivity index (χ2v) is 2.62. The first-order chi connectivity index (χ1) is 5.59. The van der Waals surface area contributed by atoms with Crippen LogP contribution in [0.25, 0.3) is 0 Å². The molecule has 0 bridgehead atoms. The summed E-state index contributed by atoms with van der Waals surface area (Å²) in [7, 11) is 0. The first-order valence-electron chi connectivity index (χ1n) is 3.50. The van der Waals surface area contributed by atoms with Gasteiger partial charge in [-0.2, -0.15) is 0 Å². The maximum Gasteiger partial charge on any atom is 0.357 e. The zero-order valence-electron chi connectivity index (χ0n) is 6.53. The number of aliphatic carboxylic acids is 1. The maximum atomic E-state index is 10.5. The molecule has 1 rings (SSSR count). The van der Waals surface area contributed by atoms with Crippen LogP contribution < -0.4 is 5.63 Å². The fraction of sp³-hybridized carbons (Fsp3) is 0.429. The Labute approximate surface area is 68.0 Å². The van der Waals surface area contributed by atoms with Gasteiger partial charge in [0.15, 0.2) is 0 Å². The van der Waals surface area contributed by atoms with Crippen LogP contribution in [0.3, 0.4) is 0 Å². The topological polar surface area (TPSA) is 83.3 Å². The third kappa shape index (κ3) is 1.98. The quantitative estimate of drug-likeness (QED) is 0.695. The van der Waals surface area contributed by atoms with Crippen LogP contribution in [0.1, 0.15) is 25.0 Å². The van der Waals surface area contributed by atoms with E-state index in [2.05, 4.69) is 9.68 Å². The molecule has 1 aromatic rings. The lowest BCUT2D eigenvalue weighted by Gasteiger charge is -2.02. The van der Waals surface area contributed by atoms with E-state index in [9.17, 15) is 9.59 Å². The van der Waals surface area contributed by atoms with E-state index in [0.717, 1.165) is 0 Å². The van der Waals surface area contributed by atoms with Gasteiger partial charge in [0.2, 0.25) is 0 Å². The highest BCUT2D eigenvalue weighted by molar-refractivity contribution is 5.67. The van der Waals surface area contributed by atoms with E-state index in [4.69, 9.17) is 5.11 Å². The molecule has 2 N–H and O–H groups in total. The predicted octanol–water partition coefficient (Wildman–Crippen LogP) is 0.546. The molecule has 5 heteroatoms. The molecule has 0 aromatic carbocycles. The van der Waals surface area contributed by atoms with E-state index in [1.54, 1.807) is 6.92 Å². The molecule has 1 atom stereocenters. The number of hydrogen-bond acceptors (Lipinski definition) is 3. The SMILES string of the molecule is CC(CC(=O)O)c1cc(=O)o[nH]1. The molecule has 0 amide bonds. The molecule has 0 radical (unpaired) electrons. The largest absolute Gasteiger partial charge is 0.481 e. The Kier molecular flexibility index (Phi) is 2.32. The molecule has 5 nitrogen and oxygen atoms in total. The Morgan fingerprint density at radius 2 is 2.50 bits per heavy atom. The van der Waals surface area contributed by atoms with Crippen molar-refractivity contribution in [2.45, 2.75) is 19.3 Å². The van der Waals surface area contributed by atoms with Crippen molar-refractivity contribution in [1.29, 1.82) is 0 Å². The van der Waals surface area contributed by atoms with Crippen molar-refractivity contribution in [2.24, 2.45) is 0 Å². The number of nitrogens with one attached hydrogen (secondary N) is 1. The molecular formula is C7H9NO4. The number of carbonyl (C=O) groups is 1. The fourth-order valence-electron chi connectivity index (χ4n) is 0.910. The van der Waals surface area contributed by atoms with Gasteiger partial charge >= 0.3 is 11.6 Å². The van der Waals surface area contributed by atoms with Crippen molar-refractivity contribution >= 4 is 5.97 Å². The van der Waals surface area contributed by atoms with E-state index < -0.39 is 11.6 Å². The van der Waals surface area contributed by atoms with Crippen molar-refractivity contribution < 1.29 is 14.4 Å². The van der Waals surface area contributed by atoms with Crippen LogP contribution in [-0.2, 0) is 4.79 Å². The molecule has 0 aliphatic rings. The highest BCUT2D eigenvalue weighted by Crippen LogP contribution is 2.14. The molecule has 1 heterocycles. The van der Waals surface area contributed by atoms with E-state index in [1.807, 2.05) is 0 Å². The normalized spacial score (nSPS) is 12.8. The first-order valence-corrected chi connectivity index (χ1v) is 3.50. The Morgan fingerprint density at radius 1 is 1.83 bits per heavy atom. The van der Waals surface area contributed by atoms with Gasteiger partial charge in [-0.05, 0) is 0 Å². The first kappa shape index (κ1) is 8.58. The molecule has 0 aliphatic heterocycles. The molecule has 66 valence electrons. The molecular weight excluding hydrogens is 162 g/mol. The monoisotopic (exact) mass is 171 g/mol. The average molecular weight is 171 g/mol. The number of carboxylic acid groups (broad SMARTS) is 1. The predicted molar refractivity (Wildman–Crippen MR) is 40.0 cm³/mol. The second-order valence-electron chi connectivity index (χ2n) is 2.62. The summed E-state index contributed by atoms with van der Waals surface area (Å²) >= 11 is 0.